The van der Waals surface area contributed by atoms with Crippen LogP contribution in [0, 0.1) is 6.92 Å². The highest BCUT2D eigenvalue weighted by atomic mass is 14.8. The summed E-state index contributed by atoms with van der Waals surface area (Å²) in [7, 11) is 0. The standard InChI is InChI=1S/C15H16N2/c1-11(2)10-13-7-5-9-17-15(13)14-12(3)6-4-8-16-14/h4-10H,1-3H3. The summed E-state index contributed by atoms with van der Waals surface area (Å²) in [6, 6.07) is 8.03. The largest absolute Gasteiger partial charge is 0.254 e. The SMILES string of the molecule is CC(C)=Cc1cccnc1-c1ncccc1C. The summed E-state index contributed by atoms with van der Waals surface area (Å²) in [6.45, 7) is 6.23. The van der Waals surface area contributed by atoms with Crippen molar-refractivity contribution in [3.8, 4) is 11.4 Å². The third-order valence-corrected chi connectivity index (χ3v) is 2.52. The highest BCUT2D eigenvalue weighted by molar-refractivity contribution is 5.71. The molecule has 0 radical (unpaired) electrons. The molecule has 0 aromatic carbocycles. The van der Waals surface area contributed by atoms with Gasteiger partial charge in [0.05, 0.1) is 11.4 Å². The van der Waals surface area contributed by atoms with E-state index in [1.54, 1.807) is 0 Å². The van der Waals surface area contributed by atoms with Gasteiger partial charge < -0.3 is 0 Å². The number of aromatic nitrogens is 2. The molecule has 0 unspecified atom stereocenters. The number of pyridine rings is 2. The molecule has 0 aliphatic carbocycles. The zero-order chi connectivity index (χ0) is 12.3. The van der Waals surface area contributed by atoms with Crippen molar-refractivity contribution >= 4 is 6.08 Å². The van der Waals surface area contributed by atoms with E-state index < -0.39 is 0 Å². The first kappa shape index (κ1) is 11.5. The summed E-state index contributed by atoms with van der Waals surface area (Å²) in [5, 5.41) is 0. The number of hydrogen-bond donors (Lipinski definition) is 0. The molecule has 2 nitrogen and oxygen atoms in total. The van der Waals surface area contributed by atoms with E-state index >= 15 is 0 Å². The minimum atomic E-state index is 0.951. The summed E-state index contributed by atoms with van der Waals surface area (Å²) in [4.78, 5) is 8.88. The van der Waals surface area contributed by atoms with Crippen LogP contribution in [0.5, 0.6) is 0 Å². The number of allylic oxidation sites excluding steroid dienone is 1. The van der Waals surface area contributed by atoms with Crippen LogP contribution >= 0.6 is 0 Å². The topological polar surface area (TPSA) is 25.8 Å². The lowest BCUT2D eigenvalue weighted by atomic mass is 10.1. The molecule has 2 aromatic rings. The van der Waals surface area contributed by atoms with Gasteiger partial charge in [0.15, 0.2) is 0 Å². The molecule has 0 amide bonds. The Morgan fingerprint density at radius 2 is 1.65 bits per heavy atom. The van der Waals surface area contributed by atoms with Crippen molar-refractivity contribution < 1.29 is 0 Å². The van der Waals surface area contributed by atoms with Crippen LogP contribution in [0.15, 0.2) is 42.2 Å². The average molecular weight is 224 g/mol. The van der Waals surface area contributed by atoms with E-state index in [0.29, 0.717) is 0 Å². The molecule has 2 heterocycles. The summed E-state index contributed by atoms with van der Waals surface area (Å²) in [5.74, 6) is 0. The molecule has 0 N–H and O–H groups in total. The molecular formula is C15H16N2. The molecule has 0 saturated carbocycles. The van der Waals surface area contributed by atoms with Gasteiger partial charge in [-0.1, -0.05) is 23.8 Å². The molecule has 0 bridgehead atoms. The maximum atomic E-state index is 4.46. The normalized spacial score (nSPS) is 10.1. The molecule has 2 aromatic heterocycles. The molecule has 0 saturated heterocycles. The first-order valence-corrected chi connectivity index (χ1v) is 5.70. The van der Waals surface area contributed by atoms with Crippen LogP contribution in [0.25, 0.3) is 17.5 Å². The Morgan fingerprint density at radius 3 is 2.29 bits per heavy atom. The van der Waals surface area contributed by atoms with Crippen LogP contribution in [0.4, 0.5) is 0 Å². The summed E-state index contributed by atoms with van der Waals surface area (Å²) < 4.78 is 0. The first-order valence-electron chi connectivity index (χ1n) is 5.70. The molecule has 0 aliphatic heterocycles. The Bertz CT molecular complexity index is 552. The highest BCUT2D eigenvalue weighted by Gasteiger charge is 2.07. The molecule has 17 heavy (non-hydrogen) atoms. The lowest BCUT2D eigenvalue weighted by Crippen LogP contribution is -1.93. The molecule has 0 aliphatic rings. The van der Waals surface area contributed by atoms with Crippen molar-refractivity contribution in [1.29, 1.82) is 0 Å². The summed E-state index contributed by atoms with van der Waals surface area (Å²) in [6.07, 6.45) is 5.76. The highest BCUT2D eigenvalue weighted by Crippen LogP contribution is 2.23. The molecule has 86 valence electrons. The molecule has 2 heteroatoms. The second-order valence-electron chi connectivity index (χ2n) is 4.33. The third-order valence-electron chi connectivity index (χ3n) is 2.52. The Balaban J connectivity index is 2.60. The van der Waals surface area contributed by atoms with E-state index in [2.05, 4.69) is 48.9 Å². The van der Waals surface area contributed by atoms with Crippen LogP contribution in [-0.2, 0) is 0 Å². The molecule has 0 atom stereocenters. The fourth-order valence-electron chi connectivity index (χ4n) is 1.78. The number of hydrogen-bond acceptors (Lipinski definition) is 2. The monoisotopic (exact) mass is 224 g/mol. The van der Waals surface area contributed by atoms with Gasteiger partial charge in [0.2, 0.25) is 0 Å². The van der Waals surface area contributed by atoms with Crippen molar-refractivity contribution in [2.75, 3.05) is 0 Å². The van der Waals surface area contributed by atoms with Crippen LogP contribution < -0.4 is 0 Å². The van der Waals surface area contributed by atoms with Crippen molar-refractivity contribution in [1.82, 2.24) is 9.97 Å². The maximum absolute atomic E-state index is 4.46. The van der Waals surface area contributed by atoms with Crippen LogP contribution in [0.1, 0.15) is 25.0 Å². The second-order valence-corrected chi connectivity index (χ2v) is 4.33. The van der Waals surface area contributed by atoms with Crippen molar-refractivity contribution in [3.05, 3.63) is 53.4 Å². The van der Waals surface area contributed by atoms with Crippen LogP contribution in [-0.4, -0.2) is 9.97 Å². The summed E-state index contributed by atoms with van der Waals surface area (Å²) in [5.41, 5.74) is 5.43. The van der Waals surface area contributed by atoms with Crippen LogP contribution in [0.2, 0.25) is 0 Å². The molecule has 2 rings (SSSR count). The number of rotatable bonds is 2. The van der Waals surface area contributed by atoms with Gasteiger partial charge in [0.1, 0.15) is 0 Å². The quantitative estimate of drug-likeness (QED) is 0.773. The van der Waals surface area contributed by atoms with E-state index in [9.17, 15) is 0 Å². The first-order chi connectivity index (χ1) is 8.18. The predicted molar refractivity (Wildman–Crippen MR) is 71.5 cm³/mol. The maximum Gasteiger partial charge on any atom is 0.0961 e. The lowest BCUT2D eigenvalue weighted by Gasteiger charge is -2.07. The number of nitrogens with zero attached hydrogens (tertiary/aromatic N) is 2. The van der Waals surface area contributed by atoms with Gasteiger partial charge >= 0.3 is 0 Å². The van der Waals surface area contributed by atoms with Gasteiger partial charge in [-0.3, -0.25) is 9.97 Å². The Hall–Kier alpha value is -1.96. The van der Waals surface area contributed by atoms with Gasteiger partial charge in [0.25, 0.3) is 0 Å². The minimum Gasteiger partial charge on any atom is -0.254 e. The zero-order valence-electron chi connectivity index (χ0n) is 10.4. The average Bonchev–Trinajstić information content (AvgIpc) is 2.30. The van der Waals surface area contributed by atoms with E-state index in [1.807, 2.05) is 24.5 Å². The Kier molecular flexibility index (Phi) is 3.33. The van der Waals surface area contributed by atoms with Crippen molar-refractivity contribution in [2.24, 2.45) is 0 Å². The van der Waals surface area contributed by atoms with Gasteiger partial charge in [0, 0.05) is 18.0 Å². The van der Waals surface area contributed by atoms with E-state index in [0.717, 1.165) is 22.5 Å². The fourth-order valence-corrected chi connectivity index (χ4v) is 1.78. The van der Waals surface area contributed by atoms with E-state index in [-0.39, 0.29) is 0 Å². The predicted octanol–water partition coefficient (Wildman–Crippen LogP) is 3.88. The second kappa shape index (κ2) is 4.91. The van der Waals surface area contributed by atoms with Crippen molar-refractivity contribution in [3.63, 3.8) is 0 Å². The van der Waals surface area contributed by atoms with Gasteiger partial charge in [-0.25, -0.2) is 0 Å². The molecule has 0 fully saturated rings. The molecule has 0 spiro atoms. The lowest BCUT2D eigenvalue weighted by molar-refractivity contribution is 1.21. The van der Waals surface area contributed by atoms with Gasteiger partial charge in [-0.15, -0.1) is 0 Å². The van der Waals surface area contributed by atoms with Crippen LogP contribution in [0.3, 0.4) is 0 Å². The fraction of sp³-hybridized carbons (Fsp3) is 0.200. The zero-order valence-corrected chi connectivity index (χ0v) is 10.4. The van der Waals surface area contributed by atoms with Crippen molar-refractivity contribution in [2.45, 2.75) is 20.8 Å². The Labute approximate surface area is 102 Å². The van der Waals surface area contributed by atoms with Gasteiger partial charge in [-0.2, -0.15) is 0 Å². The minimum absolute atomic E-state index is 0.951. The van der Waals surface area contributed by atoms with E-state index in [1.165, 1.54) is 5.57 Å². The smallest absolute Gasteiger partial charge is 0.0961 e. The van der Waals surface area contributed by atoms with Gasteiger partial charge in [-0.05, 0) is 38.5 Å². The Morgan fingerprint density at radius 1 is 1.00 bits per heavy atom. The molecular weight excluding hydrogens is 208 g/mol. The third kappa shape index (κ3) is 2.59. The van der Waals surface area contributed by atoms with E-state index in [4.69, 9.17) is 0 Å². The summed E-state index contributed by atoms with van der Waals surface area (Å²) >= 11 is 0. The number of aryl methyl sites for hydroxylation is 1.